The molecule has 1 unspecified atom stereocenters. The number of rotatable bonds is 6. The molecule has 0 bridgehead atoms. The van der Waals surface area contributed by atoms with Crippen molar-refractivity contribution in [1.29, 1.82) is 5.26 Å². The minimum atomic E-state index is 0.623. The first-order valence-electron chi connectivity index (χ1n) is 8.48. The van der Waals surface area contributed by atoms with Crippen molar-refractivity contribution in [3.05, 3.63) is 16.8 Å². The molecule has 0 aliphatic carbocycles. The minimum Gasteiger partial charge on any atom is -0.367 e. The summed E-state index contributed by atoms with van der Waals surface area (Å²) in [7, 11) is 0. The summed E-state index contributed by atoms with van der Waals surface area (Å²) in [5.74, 6) is 1.28. The molecule has 1 aromatic rings. The third kappa shape index (κ3) is 3.75. The van der Waals surface area contributed by atoms with Gasteiger partial charge in [0.25, 0.3) is 0 Å². The number of hydrogen-bond donors (Lipinski definition) is 1. The first-order chi connectivity index (χ1) is 10.7. The number of aromatic nitrogens is 2. The second-order valence-corrected chi connectivity index (χ2v) is 5.95. The Labute approximate surface area is 133 Å². The van der Waals surface area contributed by atoms with Gasteiger partial charge in [-0.1, -0.05) is 20.8 Å². The van der Waals surface area contributed by atoms with Crippen LogP contribution >= 0.6 is 0 Å². The van der Waals surface area contributed by atoms with Gasteiger partial charge in [-0.2, -0.15) is 10.4 Å². The highest BCUT2D eigenvalue weighted by Crippen LogP contribution is 2.22. The summed E-state index contributed by atoms with van der Waals surface area (Å²) in [6.45, 7) is 10.7. The molecule has 1 aromatic heterocycles. The van der Waals surface area contributed by atoms with Gasteiger partial charge < -0.3 is 10.2 Å². The summed E-state index contributed by atoms with van der Waals surface area (Å²) in [6, 6.07) is 2.32. The van der Waals surface area contributed by atoms with Crippen LogP contribution in [0.4, 0.5) is 5.82 Å². The molecule has 0 spiro atoms. The van der Waals surface area contributed by atoms with Gasteiger partial charge in [-0.25, -0.2) is 0 Å². The summed E-state index contributed by atoms with van der Waals surface area (Å²) in [5, 5.41) is 21.4. The predicted molar refractivity (Wildman–Crippen MR) is 88.8 cm³/mol. The topological polar surface area (TPSA) is 64.8 Å². The summed E-state index contributed by atoms with van der Waals surface area (Å²) in [4.78, 5) is 2.49. The van der Waals surface area contributed by atoms with Crippen molar-refractivity contribution < 1.29 is 0 Å². The van der Waals surface area contributed by atoms with Crippen LogP contribution in [0.25, 0.3) is 0 Å². The van der Waals surface area contributed by atoms with E-state index in [2.05, 4.69) is 47.3 Å². The van der Waals surface area contributed by atoms with Crippen LogP contribution < -0.4 is 5.32 Å². The van der Waals surface area contributed by atoms with E-state index in [-0.39, 0.29) is 0 Å². The molecular weight excluding hydrogens is 274 g/mol. The second kappa shape index (κ2) is 8.09. The molecule has 1 saturated heterocycles. The summed E-state index contributed by atoms with van der Waals surface area (Å²) < 4.78 is 0. The van der Waals surface area contributed by atoms with E-state index in [9.17, 15) is 5.26 Å². The smallest absolute Gasteiger partial charge is 0.166 e. The fraction of sp³-hybridized carbons (Fsp3) is 0.706. The Balaban J connectivity index is 2.08. The number of piperidine rings is 1. The zero-order chi connectivity index (χ0) is 15.9. The molecular formula is C17H27N5. The Morgan fingerprint density at radius 2 is 2.09 bits per heavy atom. The van der Waals surface area contributed by atoms with Gasteiger partial charge in [-0.05, 0) is 50.3 Å². The molecule has 22 heavy (non-hydrogen) atoms. The van der Waals surface area contributed by atoms with Gasteiger partial charge in [0.05, 0.1) is 5.69 Å². The monoisotopic (exact) mass is 301 g/mol. The zero-order valence-electron chi connectivity index (χ0n) is 14.0. The van der Waals surface area contributed by atoms with Crippen LogP contribution in [0, 0.1) is 17.2 Å². The molecule has 1 fully saturated rings. The van der Waals surface area contributed by atoms with E-state index in [0.29, 0.717) is 17.3 Å². The van der Waals surface area contributed by atoms with E-state index >= 15 is 0 Å². The molecule has 0 radical (unpaired) electrons. The number of likely N-dealkylation sites (tertiary alicyclic amines) is 1. The first kappa shape index (κ1) is 16.7. The lowest BCUT2D eigenvalue weighted by Crippen LogP contribution is -2.38. The third-order valence-electron chi connectivity index (χ3n) is 4.57. The third-order valence-corrected chi connectivity index (χ3v) is 4.57. The molecule has 1 aliphatic heterocycles. The molecule has 5 heteroatoms. The predicted octanol–water partition coefficient (Wildman–Crippen LogP) is 2.62. The molecule has 2 rings (SSSR count). The Morgan fingerprint density at radius 1 is 1.27 bits per heavy atom. The van der Waals surface area contributed by atoms with Gasteiger partial charge in [-0.15, -0.1) is 5.10 Å². The highest BCUT2D eigenvalue weighted by Gasteiger charge is 2.20. The van der Waals surface area contributed by atoms with E-state index in [4.69, 9.17) is 0 Å². The van der Waals surface area contributed by atoms with Gasteiger partial charge in [0.1, 0.15) is 11.6 Å². The number of nitrogens with one attached hydrogen (secondary N) is 1. The maximum Gasteiger partial charge on any atom is 0.166 e. The molecule has 1 N–H and O–H groups in total. The van der Waals surface area contributed by atoms with E-state index in [1.807, 2.05) is 0 Å². The van der Waals surface area contributed by atoms with Gasteiger partial charge >= 0.3 is 0 Å². The van der Waals surface area contributed by atoms with E-state index in [0.717, 1.165) is 43.7 Å². The molecule has 5 nitrogen and oxygen atoms in total. The molecule has 0 aromatic carbocycles. The van der Waals surface area contributed by atoms with Gasteiger partial charge in [0.2, 0.25) is 0 Å². The fourth-order valence-electron chi connectivity index (χ4n) is 3.26. The van der Waals surface area contributed by atoms with E-state index < -0.39 is 0 Å². The van der Waals surface area contributed by atoms with Crippen molar-refractivity contribution in [1.82, 2.24) is 15.1 Å². The summed E-state index contributed by atoms with van der Waals surface area (Å²) >= 11 is 0. The number of hydrogen-bond acceptors (Lipinski definition) is 5. The van der Waals surface area contributed by atoms with E-state index in [1.165, 1.54) is 19.4 Å². The molecule has 0 saturated carbocycles. The molecule has 1 atom stereocenters. The van der Waals surface area contributed by atoms with Crippen molar-refractivity contribution in [2.24, 2.45) is 5.92 Å². The Kier molecular flexibility index (Phi) is 6.14. The highest BCUT2D eigenvalue weighted by molar-refractivity contribution is 5.56. The van der Waals surface area contributed by atoms with Crippen LogP contribution in [0.2, 0.25) is 0 Å². The summed E-state index contributed by atoms with van der Waals surface area (Å²) in [6.07, 6.45) is 4.14. The zero-order valence-corrected chi connectivity index (χ0v) is 14.0. The van der Waals surface area contributed by atoms with Crippen LogP contribution in [0.5, 0.6) is 0 Å². The average Bonchev–Trinajstić information content (AvgIpc) is 2.58. The van der Waals surface area contributed by atoms with Gasteiger partial charge in [-0.3, -0.25) is 0 Å². The Hall–Kier alpha value is -1.67. The lowest BCUT2D eigenvalue weighted by atomic mass is 9.97. The molecule has 0 amide bonds. The lowest BCUT2D eigenvalue weighted by molar-refractivity contribution is 0.189. The normalized spacial score (nSPS) is 18.9. The van der Waals surface area contributed by atoms with Gasteiger partial charge in [0.15, 0.2) is 5.82 Å². The molecule has 1 aliphatic rings. The van der Waals surface area contributed by atoms with Crippen molar-refractivity contribution in [2.75, 3.05) is 31.5 Å². The largest absolute Gasteiger partial charge is 0.367 e. The van der Waals surface area contributed by atoms with Crippen LogP contribution in [0.15, 0.2) is 0 Å². The maximum atomic E-state index is 9.50. The van der Waals surface area contributed by atoms with Crippen molar-refractivity contribution in [2.45, 2.75) is 46.5 Å². The quantitative estimate of drug-likeness (QED) is 0.875. The highest BCUT2D eigenvalue weighted by atomic mass is 15.2. The van der Waals surface area contributed by atoms with Crippen LogP contribution in [0.1, 0.15) is 50.4 Å². The Bertz CT molecular complexity index is 535. The number of nitrogens with zero attached hydrogens (tertiary/aromatic N) is 4. The summed E-state index contributed by atoms with van der Waals surface area (Å²) in [5.41, 5.74) is 2.67. The molecule has 2 heterocycles. The SMILES string of the molecule is CCc1nnc(NCC2CCCN(CC)C2)c(C#N)c1CC. The van der Waals surface area contributed by atoms with Crippen molar-refractivity contribution in [3.8, 4) is 6.07 Å². The Morgan fingerprint density at radius 3 is 2.73 bits per heavy atom. The van der Waals surface area contributed by atoms with E-state index in [1.54, 1.807) is 0 Å². The van der Waals surface area contributed by atoms with Crippen LogP contribution in [-0.4, -0.2) is 41.3 Å². The van der Waals surface area contributed by atoms with Crippen molar-refractivity contribution in [3.63, 3.8) is 0 Å². The molecule has 120 valence electrons. The van der Waals surface area contributed by atoms with Gasteiger partial charge in [0, 0.05) is 13.1 Å². The minimum absolute atomic E-state index is 0.623. The number of nitriles is 1. The number of anilines is 1. The first-order valence-corrected chi connectivity index (χ1v) is 8.48. The lowest BCUT2D eigenvalue weighted by Gasteiger charge is -2.32. The fourth-order valence-corrected chi connectivity index (χ4v) is 3.26. The number of aryl methyl sites for hydroxylation is 1. The maximum absolute atomic E-state index is 9.50. The standard InChI is InChI=1S/C17H27N5/c1-4-14-15(10-18)17(21-20-16(14)5-2)19-11-13-8-7-9-22(6-3)12-13/h13H,4-9,11-12H2,1-3H3,(H,19,21). The average molecular weight is 301 g/mol. The van der Waals surface area contributed by atoms with Crippen molar-refractivity contribution >= 4 is 5.82 Å². The second-order valence-electron chi connectivity index (χ2n) is 5.95. The van der Waals surface area contributed by atoms with Crippen LogP contribution in [0.3, 0.4) is 0 Å². The van der Waals surface area contributed by atoms with Crippen LogP contribution in [-0.2, 0) is 12.8 Å².